The Bertz CT molecular complexity index is 1040. The van der Waals surface area contributed by atoms with Crippen molar-refractivity contribution in [3.8, 4) is 23.0 Å². The van der Waals surface area contributed by atoms with Gasteiger partial charge in [-0.15, -0.1) is 0 Å². The lowest BCUT2D eigenvalue weighted by Gasteiger charge is -2.19. The zero-order valence-corrected chi connectivity index (χ0v) is 21.9. The molecule has 0 aromatic heterocycles. The molecule has 0 fully saturated rings. The Morgan fingerprint density at radius 2 is 1.40 bits per heavy atom. The maximum absolute atomic E-state index is 13.1. The number of rotatable bonds is 13. The summed E-state index contributed by atoms with van der Waals surface area (Å²) in [5.74, 6) is 0.265. The molecule has 0 radical (unpaired) electrons. The second kappa shape index (κ2) is 13.7. The molecule has 0 N–H and O–H groups in total. The number of halogens is 2. The van der Waals surface area contributed by atoms with Crippen molar-refractivity contribution in [3.63, 3.8) is 0 Å². The van der Waals surface area contributed by atoms with Crippen LogP contribution in [0, 0.1) is 0 Å². The van der Waals surface area contributed by atoms with Gasteiger partial charge in [0.15, 0.2) is 5.78 Å². The molecule has 1 atom stereocenters. The van der Waals surface area contributed by atoms with E-state index >= 15 is 0 Å². The first-order chi connectivity index (χ1) is 16.7. The lowest BCUT2D eigenvalue weighted by atomic mass is 10.2. The number of hydrogen-bond donors (Lipinski definition) is 0. The van der Waals surface area contributed by atoms with Crippen molar-refractivity contribution < 1.29 is 28.5 Å². The quantitative estimate of drug-likeness (QED) is 0.176. The summed E-state index contributed by atoms with van der Waals surface area (Å²) >= 11 is 12.6. The second-order valence-corrected chi connectivity index (χ2v) is 7.74. The Labute approximate surface area is 215 Å². The van der Waals surface area contributed by atoms with Gasteiger partial charge < -0.3 is 18.9 Å². The maximum Gasteiger partial charge on any atom is 0.276 e. The van der Waals surface area contributed by atoms with Crippen LogP contribution in [0.4, 0.5) is 11.4 Å². The van der Waals surface area contributed by atoms with Gasteiger partial charge >= 0.3 is 0 Å². The summed E-state index contributed by atoms with van der Waals surface area (Å²) in [6.07, 6.45) is 0. The fraction of sp³-hybridized carbons (Fsp3) is 0.417. The highest BCUT2D eigenvalue weighted by Crippen LogP contribution is 2.38. The largest absolute Gasteiger partial charge is 0.494 e. The monoisotopic (exact) mass is 525 g/mol. The molecule has 190 valence electrons. The van der Waals surface area contributed by atoms with Gasteiger partial charge in [0.05, 0.1) is 37.1 Å². The van der Waals surface area contributed by atoms with E-state index in [-0.39, 0.29) is 11.4 Å². The van der Waals surface area contributed by atoms with Gasteiger partial charge in [-0.2, -0.15) is 10.2 Å². The smallest absolute Gasteiger partial charge is 0.276 e. The number of amides is 1. The van der Waals surface area contributed by atoms with Gasteiger partial charge in [-0.05, 0) is 34.6 Å². The van der Waals surface area contributed by atoms with Gasteiger partial charge in [0.1, 0.15) is 28.7 Å². The highest BCUT2D eigenvalue weighted by molar-refractivity contribution is 6.39. The van der Waals surface area contributed by atoms with Crippen LogP contribution in [0.1, 0.15) is 34.6 Å². The van der Waals surface area contributed by atoms with E-state index in [4.69, 9.17) is 42.3 Å². The van der Waals surface area contributed by atoms with Crippen molar-refractivity contribution in [3.05, 3.63) is 35.4 Å². The van der Waals surface area contributed by atoms with E-state index in [9.17, 15) is 9.59 Å². The molecule has 35 heavy (non-hydrogen) atoms. The van der Waals surface area contributed by atoms with E-state index in [1.165, 1.54) is 19.1 Å². The molecule has 9 nitrogen and oxygen atoms in total. The van der Waals surface area contributed by atoms with Gasteiger partial charge in [0, 0.05) is 42.1 Å². The Morgan fingerprint density at radius 3 is 1.91 bits per heavy atom. The summed E-state index contributed by atoms with van der Waals surface area (Å²) in [6, 6.07) is 6.37. The predicted molar refractivity (Wildman–Crippen MR) is 135 cm³/mol. The van der Waals surface area contributed by atoms with Crippen molar-refractivity contribution in [1.29, 1.82) is 0 Å². The molecule has 0 saturated heterocycles. The van der Waals surface area contributed by atoms with Gasteiger partial charge in [-0.1, -0.05) is 11.6 Å². The van der Waals surface area contributed by atoms with Gasteiger partial charge in [0.2, 0.25) is 6.04 Å². The minimum atomic E-state index is -1.50. The average Bonchev–Trinajstić information content (AvgIpc) is 2.81. The first-order valence-electron chi connectivity index (χ1n) is 11.2. The van der Waals surface area contributed by atoms with Crippen LogP contribution in [0.2, 0.25) is 5.02 Å². The van der Waals surface area contributed by atoms with Crippen LogP contribution in [0.25, 0.3) is 0 Å². The van der Waals surface area contributed by atoms with Crippen LogP contribution >= 0.6 is 23.4 Å². The molecule has 0 saturated carbocycles. The van der Waals surface area contributed by atoms with E-state index in [0.717, 1.165) is 4.42 Å². The maximum atomic E-state index is 13.1. The molecule has 0 bridgehead atoms. The normalized spacial score (nSPS) is 11.7. The predicted octanol–water partition coefficient (Wildman–Crippen LogP) is 6.16. The number of ketones is 1. The molecule has 0 spiro atoms. The molecule has 1 unspecified atom stereocenters. The van der Waals surface area contributed by atoms with Crippen molar-refractivity contribution in [2.75, 3.05) is 30.8 Å². The molecule has 0 heterocycles. The summed E-state index contributed by atoms with van der Waals surface area (Å²) in [4.78, 5) is 25.5. The minimum Gasteiger partial charge on any atom is -0.494 e. The Hall–Kier alpha value is -3.04. The van der Waals surface area contributed by atoms with Crippen LogP contribution < -0.4 is 23.4 Å². The highest BCUT2D eigenvalue weighted by Gasteiger charge is 2.29. The summed E-state index contributed by atoms with van der Waals surface area (Å²) in [5, 5.41) is 8.43. The lowest BCUT2D eigenvalue weighted by Crippen LogP contribution is -2.36. The fourth-order valence-corrected chi connectivity index (χ4v) is 3.37. The number of azo groups is 1. The Balaban J connectivity index is 2.40. The van der Waals surface area contributed by atoms with Gasteiger partial charge in [-0.3, -0.25) is 9.59 Å². The average molecular weight is 526 g/mol. The van der Waals surface area contributed by atoms with Crippen molar-refractivity contribution >= 4 is 46.4 Å². The van der Waals surface area contributed by atoms with E-state index < -0.39 is 17.7 Å². The number of anilines is 1. The first kappa shape index (κ1) is 28.2. The molecular weight excluding hydrogens is 497 g/mol. The van der Waals surface area contributed by atoms with Crippen LogP contribution in [0.3, 0.4) is 0 Å². The van der Waals surface area contributed by atoms with Crippen LogP contribution in [-0.4, -0.2) is 44.2 Å². The number of carbonyl (C=O) groups excluding carboxylic acids is 2. The molecule has 2 aromatic carbocycles. The number of Topliss-reactive ketones (excluding diaryl/α,β-unsaturated/α-hetero) is 1. The summed E-state index contributed by atoms with van der Waals surface area (Å²) in [7, 11) is 0. The number of benzene rings is 2. The lowest BCUT2D eigenvalue weighted by molar-refractivity contribution is -0.126. The second-order valence-electron chi connectivity index (χ2n) is 6.99. The number of carbonyl (C=O) groups is 2. The topological polar surface area (TPSA) is 99.0 Å². The molecular formula is C24H29Cl2N3O6. The fourth-order valence-electron chi connectivity index (χ4n) is 2.97. The zero-order valence-electron chi connectivity index (χ0n) is 20.3. The standard InChI is InChI=1S/C24H29Cl2N3O6/c1-6-32-17-10-16(11-18(12-17)33-7-2)29(26)24(31)23(15(5)30)28-27-20-14-21(34-8-3)19(25)13-22(20)35-9-4/h10-14,23H,6-9H2,1-5H3. The van der Waals surface area contributed by atoms with E-state index in [1.54, 1.807) is 25.1 Å². The van der Waals surface area contributed by atoms with Crippen LogP contribution in [0.15, 0.2) is 40.6 Å². The van der Waals surface area contributed by atoms with E-state index in [0.29, 0.717) is 54.4 Å². The summed E-state index contributed by atoms with van der Waals surface area (Å²) in [5.41, 5.74) is 0.504. The third-order valence-electron chi connectivity index (χ3n) is 4.42. The summed E-state index contributed by atoms with van der Waals surface area (Å²) in [6.45, 7) is 10.0. The molecule has 0 aliphatic rings. The molecule has 2 rings (SSSR count). The molecule has 2 aromatic rings. The van der Waals surface area contributed by atoms with E-state index in [2.05, 4.69) is 10.2 Å². The Kier molecular flexibility index (Phi) is 11.1. The minimum absolute atomic E-state index is 0.247. The molecule has 0 aliphatic heterocycles. The number of ether oxygens (including phenoxy) is 4. The first-order valence-corrected chi connectivity index (χ1v) is 11.9. The number of nitrogens with zero attached hydrogens (tertiary/aromatic N) is 3. The highest BCUT2D eigenvalue weighted by atomic mass is 35.5. The molecule has 0 aliphatic carbocycles. The van der Waals surface area contributed by atoms with Gasteiger partial charge in [0.25, 0.3) is 5.91 Å². The van der Waals surface area contributed by atoms with Crippen molar-refractivity contribution in [1.82, 2.24) is 0 Å². The molecule has 1 amide bonds. The number of hydrogen-bond acceptors (Lipinski definition) is 8. The van der Waals surface area contributed by atoms with Gasteiger partial charge in [-0.25, -0.2) is 4.42 Å². The Morgan fingerprint density at radius 1 is 0.857 bits per heavy atom. The summed E-state index contributed by atoms with van der Waals surface area (Å²) < 4.78 is 22.9. The zero-order chi connectivity index (χ0) is 26.0. The SMILES string of the molecule is CCOc1cc(OCC)cc(N(Cl)C(=O)C(N=Nc2cc(OCC)c(Cl)cc2OCC)C(C)=O)c1. The van der Waals surface area contributed by atoms with Crippen LogP contribution in [0.5, 0.6) is 23.0 Å². The van der Waals surface area contributed by atoms with Crippen molar-refractivity contribution in [2.45, 2.75) is 40.7 Å². The van der Waals surface area contributed by atoms with E-state index in [1.807, 2.05) is 20.8 Å². The van der Waals surface area contributed by atoms with Crippen LogP contribution in [-0.2, 0) is 9.59 Å². The third-order valence-corrected chi connectivity index (χ3v) is 5.08. The van der Waals surface area contributed by atoms with Crippen molar-refractivity contribution in [2.24, 2.45) is 10.2 Å². The third kappa shape index (κ3) is 7.73. The molecule has 11 heteroatoms.